The van der Waals surface area contributed by atoms with Gasteiger partial charge in [0.15, 0.2) is 0 Å². The second kappa shape index (κ2) is 2.21. The highest BCUT2D eigenvalue weighted by molar-refractivity contribution is 5.81. The van der Waals surface area contributed by atoms with Gasteiger partial charge in [0.25, 0.3) is 0 Å². The molecule has 1 rings (SSSR count). The Kier molecular flexibility index (Phi) is 1.56. The molecule has 0 radical (unpaired) electrons. The van der Waals surface area contributed by atoms with Crippen molar-refractivity contribution in [2.45, 2.75) is 6.42 Å². The average Bonchev–Trinajstić information content (AvgIpc) is 2.64. The maximum Gasteiger partial charge on any atom is 0.223 e. The van der Waals surface area contributed by atoms with Crippen LogP contribution in [0, 0.1) is 11.8 Å². The fraction of sp³-hybridized carbons (Fsp3) is 0.571. The first-order valence-electron chi connectivity index (χ1n) is 3.13. The smallest absolute Gasteiger partial charge is 0.223 e. The average molecular weight is 125 g/mol. The number of rotatable bonds is 2. The van der Waals surface area contributed by atoms with Crippen LogP contribution in [-0.2, 0) is 4.79 Å². The monoisotopic (exact) mass is 125 g/mol. The molecule has 0 aromatic carbocycles. The molecule has 1 aliphatic carbocycles. The van der Waals surface area contributed by atoms with E-state index in [1.165, 1.54) is 0 Å². The third-order valence-electron chi connectivity index (χ3n) is 1.73. The number of nitrogens with one attached hydrogen (secondary N) is 1. The van der Waals surface area contributed by atoms with Gasteiger partial charge in [-0.15, -0.1) is 6.58 Å². The van der Waals surface area contributed by atoms with Crippen LogP contribution >= 0.6 is 0 Å². The third-order valence-corrected chi connectivity index (χ3v) is 1.73. The van der Waals surface area contributed by atoms with E-state index >= 15 is 0 Å². The zero-order chi connectivity index (χ0) is 6.85. The van der Waals surface area contributed by atoms with Crippen LogP contribution in [0.3, 0.4) is 0 Å². The number of carbonyl (C=O) groups is 1. The van der Waals surface area contributed by atoms with E-state index in [4.69, 9.17) is 0 Å². The summed E-state index contributed by atoms with van der Waals surface area (Å²) in [4.78, 5) is 10.8. The van der Waals surface area contributed by atoms with E-state index in [1.54, 1.807) is 7.05 Å². The molecule has 1 amide bonds. The Labute approximate surface area is 54.9 Å². The molecule has 2 atom stereocenters. The van der Waals surface area contributed by atoms with Crippen LogP contribution in [-0.4, -0.2) is 13.0 Å². The maximum absolute atomic E-state index is 10.8. The molecule has 50 valence electrons. The summed E-state index contributed by atoms with van der Waals surface area (Å²) in [6.07, 6.45) is 2.84. The second-order valence-corrected chi connectivity index (χ2v) is 2.36. The quantitative estimate of drug-likeness (QED) is 0.537. The van der Waals surface area contributed by atoms with Crippen LogP contribution in [0.5, 0.6) is 0 Å². The molecular weight excluding hydrogens is 114 g/mol. The van der Waals surface area contributed by atoms with Gasteiger partial charge in [0.1, 0.15) is 0 Å². The number of carbonyl (C=O) groups excluding carboxylic acids is 1. The van der Waals surface area contributed by atoms with Crippen LogP contribution in [0.25, 0.3) is 0 Å². The largest absolute Gasteiger partial charge is 0.359 e. The van der Waals surface area contributed by atoms with Gasteiger partial charge in [-0.25, -0.2) is 0 Å². The second-order valence-electron chi connectivity index (χ2n) is 2.36. The van der Waals surface area contributed by atoms with Crippen molar-refractivity contribution in [3.8, 4) is 0 Å². The number of allylic oxidation sites excluding steroid dienone is 1. The van der Waals surface area contributed by atoms with Gasteiger partial charge < -0.3 is 5.32 Å². The molecule has 0 aromatic heterocycles. The molecular formula is C7H11NO. The molecule has 1 fully saturated rings. The molecule has 0 aliphatic heterocycles. The normalized spacial score (nSPS) is 31.2. The molecule has 1 N–H and O–H groups in total. The Morgan fingerprint density at radius 3 is 2.89 bits per heavy atom. The minimum Gasteiger partial charge on any atom is -0.359 e. The van der Waals surface area contributed by atoms with Gasteiger partial charge in [-0.05, 0) is 12.3 Å². The zero-order valence-electron chi connectivity index (χ0n) is 5.55. The van der Waals surface area contributed by atoms with Crippen LogP contribution < -0.4 is 5.32 Å². The first-order valence-corrected chi connectivity index (χ1v) is 3.13. The van der Waals surface area contributed by atoms with Crippen molar-refractivity contribution in [1.29, 1.82) is 0 Å². The summed E-state index contributed by atoms with van der Waals surface area (Å²) in [6.45, 7) is 3.61. The molecule has 1 saturated carbocycles. The number of hydrogen-bond acceptors (Lipinski definition) is 1. The van der Waals surface area contributed by atoms with E-state index in [0.717, 1.165) is 6.42 Å². The lowest BCUT2D eigenvalue weighted by atomic mass is 10.3. The summed E-state index contributed by atoms with van der Waals surface area (Å²) in [6, 6.07) is 0. The van der Waals surface area contributed by atoms with Crippen LogP contribution in [0.1, 0.15) is 6.42 Å². The first kappa shape index (κ1) is 6.33. The van der Waals surface area contributed by atoms with E-state index in [0.29, 0.717) is 5.92 Å². The topological polar surface area (TPSA) is 29.1 Å². The van der Waals surface area contributed by atoms with Crippen molar-refractivity contribution in [2.24, 2.45) is 11.8 Å². The lowest BCUT2D eigenvalue weighted by molar-refractivity contribution is -0.122. The summed E-state index contributed by atoms with van der Waals surface area (Å²) in [7, 11) is 1.67. The predicted octanol–water partition coefficient (Wildman–Crippen LogP) is 0.554. The van der Waals surface area contributed by atoms with E-state index in [1.807, 2.05) is 6.08 Å². The Hall–Kier alpha value is -0.790. The van der Waals surface area contributed by atoms with Gasteiger partial charge >= 0.3 is 0 Å². The van der Waals surface area contributed by atoms with E-state index in [2.05, 4.69) is 11.9 Å². The molecule has 2 unspecified atom stereocenters. The minimum atomic E-state index is 0.153. The Bertz CT molecular complexity index is 142. The molecule has 0 heterocycles. The zero-order valence-corrected chi connectivity index (χ0v) is 5.55. The minimum absolute atomic E-state index is 0.153. The SMILES string of the molecule is C=CC1CC1C(=O)NC. The summed E-state index contributed by atoms with van der Waals surface area (Å²) >= 11 is 0. The summed E-state index contributed by atoms with van der Waals surface area (Å²) in [5.74, 6) is 0.831. The Balaban J connectivity index is 2.33. The molecule has 0 aromatic rings. The highest BCUT2D eigenvalue weighted by Gasteiger charge is 2.39. The van der Waals surface area contributed by atoms with Gasteiger partial charge in [0, 0.05) is 13.0 Å². The fourth-order valence-corrected chi connectivity index (χ4v) is 0.962. The molecule has 0 saturated heterocycles. The van der Waals surface area contributed by atoms with Gasteiger partial charge in [0.2, 0.25) is 5.91 Å². The van der Waals surface area contributed by atoms with Crippen LogP contribution in [0.4, 0.5) is 0 Å². The van der Waals surface area contributed by atoms with E-state index < -0.39 is 0 Å². The van der Waals surface area contributed by atoms with Crippen molar-refractivity contribution < 1.29 is 4.79 Å². The summed E-state index contributed by atoms with van der Waals surface area (Å²) in [5.41, 5.74) is 0. The predicted molar refractivity (Wildman–Crippen MR) is 35.9 cm³/mol. The highest BCUT2D eigenvalue weighted by Crippen LogP contribution is 2.38. The molecule has 2 heteroatoms. The first-order chi connectivity index (χ1) is 4.29. The van der Waals surface area contributed by atoms with Gasteiger partial charge in [-0.2, -0.15) is 0 Å². The van der Waals surface area contributed by atoms with Crippen LogP contribution in [0.15, 0.2) is 12.7 Å². The van der Waals surface area contributed by atoms with Crippen molar-refractivity contribution in [1.82, 2.24) is 5.32 Å². The van der Waals surface area contributed by atoms with Gasteiger partial charge in [-0.3, -0.25) is 4.79 Å². The Morgan fingerprint density at radius 1 is 1.89 bits per heavy atom. The number of hydrogen-bond donors (Lipinski definition) is 1. The molecule has 9 heavy (non-hydrogen) atoms. The van der Waals surface area contributed by atoms with E-state index in [-0.39, 0.29) is 11.8 Å². The van der Waals surface area contributed by atoms with Crippen molar-refractivity contribution in [3.63, 3.8) is 0 Å². The Morgan fingerprint density at radius 2 is 2.56 bits per heavy atom. The van der Waals surface area contributed by atoms with Crippen molar-refractivity contribution in [3.05, 3.63) is 12.7 Å². The van der Waals surface area contributed by atoms with Crippen LogP contribution in [0.2, 0.25) is 0 Å². The maximum atomic E-state index is 10.8. The lowest BCUT2D eigenvalue weighted by Gasteiger charge is -1.92. The van der Waals surface area contributed by atoms with Crippen molar-refractivity contribution >= 4 is 5.91 Å². The highest BCUT2D eigenvalue weighted by atomic mass is 16.1. The third kappa shape index (κ3) is 1.12. The molecule has 0 spiro atoms. The lowest BCUT2D eigenvalue weighted by Crippen LogP contribution is -2.20. The molecule has 2 nitrogen and oxygen atoms in total. The summed E-state index contributed by atoms with van der Waals surface area (Å²) < 4.78 is 0. The van der Waals surface area contributed by atoms with Gasteiger partial charge in [-0.1, -0.05) is 6.08 Å². The molecule has 0 bridgehead atoms. The van der Waals surface area contributed by atoms with Crippen molar-refractivity contribution in [2.75, 3.05) is 7.05 Å². The standard InChI is InChI=1S/C7H11NO/c1-3-5-4-6(5)7(9)8-2/h3,5-6H,1,4H2,2H3,(H,8,9). The fourth-order valence-electron chi connectivity index (χ4n) is 0.962. The molecule has 1 aliphatic rings. The number of amides is 1. The van der Waals surface area contributed by atoms with E-state index in [9.17, 15) is 4.79 Å². The van der Waals surface area contributed by atoms with Gasteiger partial charge in [0.05, 0.1) is 0 Å². The summed E-state index contributed by atoms with van der Waals surface area (Å²) in [5, 5.41) is 2.60.